The Morgan fingerprint density at radius 3 is 2.78 bits per heavy atom. The minimum Gasteiger partial charge on any atom is -0.508 e. The van der Waals surface area contributed by atoms with Gasteiger partial charge in [-0.3, -0.25) is 4.79 Å². The molecule has 0 fully saturated rings. The molecule has 96 valence electrons. The first-order chi connectivity index (χ1) is 8.49. The lowest BCUT2D eigenvalue weighted by atomic mass is 9.81. The van der Waals surface area contributed by atoms with Crippen molar-refractivity contribution in [2.45, 2.75) is 45.3 Å². The SMILES string of the molecule is Cc1c(O)cc2c3c1[C@H](C)[C@@H](C)O[C@H]3CC(=O)O2. The fourth-order valence-corrected chi connectivity index (χ4v) is 2.93. The smallest absolute Gasteiger partial charge is 0.314 e. The molecule has 0 bridgehead atoms. The predicted molar refractivity (Wildman–Crippen MR) is 64.8 cm³/mol. The van der Waals surface area contributed by atoms with E-state index in [0.717, 1.165) is 16.7 Å². The highest BCUT2D eigenvalue weighted by molar-refractivity contribution is 5.77. The van der Waals surface area contributed by atoms with Gasteiger partial charge in [0.25, 0.3) is 0 Å². The predicted octanol–water partition coefficient (Wildman–Crippen LogP) is 2.57. The third-order valence-electron chi connectivity index (χ3n) is 4.05. The Bertz CT molecular complexity index is 535. The lowest BCUT2D eigenvalue weighted by Crippen LogP contribution is -2.33. The van der Waals surface area contributed by atoms with Crippen LogP contribution in [-0.2, 0) is 9.53 Å². The molecule has 0 radical (unpaired) electrons. The standard InChI is InChI=1S/C14H16O4/c1-6-8(3)17-11-5-12(16)18-10-4-9(15)7(2)13(6)14(10)11/h4,6,8,11,15H,5H2,1-3H3/t6-,8-,11+/m1/s1. The number of phenolic OH excluding ortho intramolecular Hbond substituents is 1. The van der Waals surface area contributed by atoms with Crippen molar-refractivity contribution in [2.75, 3.05) is 0 Å². The van der Waals surface area contributed by atoms with Gasteiger partial charge >= 0.3 is 5.97 Å². The molecule has 2 aliphatic heterocycles. The number of phenols is 1. The van der Waals surface area contributed by atoms with Crippen LogP contribution in [0.5, 0.6) is 11.5 Å². The van der Waals surface area contributed by atoms with Crippen molar-refractivity contribution in [2.24, 2.45) is 0 Å². The molecule has 0 saturated heterocycles. The molecular formula is C14H16O4. The topological polar surface area (TPSA) is 55.8 Å². The van der Waals surface area contributed by atoms with Gasteiger partial charge in [-0.2, -0.15) is 0 Å². The van der Waals surface area contributed by atoms with Crippen molar-refractivity contribution >= 4 is 5.97 Å². The quantitative estimate of drug-likeness (QED) is 0.566. The molecule has 1 aromatic carbocycles. The lowest BCUT2D eigenvalue weighted by molar-refractivity contribution is -0.142. The summed E-state index contributed by atoms with van der Waals surface area (Å²) in [6, 6.07) is 1.52. The van der Waals surface area contributed by atoms with Crippen LogP contribution in [0.1, 0.15) is 49.0 Å². The summed E-state index contributed by atoms with van der Waals surface area (Å²) < 4.78 is 11.1. The monoisotopic (exact) mass is 248 g/mol. The van der Waals surface area contributed by atoms with Crippen LogP contribution in [-0.4, -0.2) is 17.2 Å². The van der Waals surface area contributed by atoms with E-state index in [1.54, 1.807) is 0 Å². The minimum atomic E-state index is -0.302. The molecule has 2 aliphatic rings. The molecule has 0 aromatic heterocycles. The second-order valence-corrected chi connectivity index (χ2v) is 5.14. The number of ether oxygens (including phenoxy) is 2. The maximum atomic E-state index is 11.5. The zero-order valence-corrected chi connectivity index (χ0v) is 10.7. The van der Waals surface area contributed by atoms with Gasteiger partial charge in [-0.05, 0) is 25.0 Å². The largest absolute Gasteiger partial charge is 0.508 e. The molecule has 0 saturated carbocycles. The van der Waals surface area contributed by atoms with Gasteiger partial charge in [0.05, 0.1) is 18.6 Å². The highest BCUT2D eigenvalue weighted by atomic mass is 16.6. The van der Waals surface area contributed by atoms with Crippen LogP contribution in [0.3, 0.4) is 0 Å². The first kappa shape index (κ1) is 11.5. The molecule has 3 rings (SSSR count). The summed E-state index contributed by atoms with van der Waals surface area (Å²) in [5.41, 5.74) is 2.87. The molecule has 1 aromatic rings. The number of rotatable bonds is 0. The van der Waals surface area contributed by atoms with E-state index in [-0.39, 0.29) is 36.3 Å². The zero-order chi connectivity index (χ0) is 13.0. The number of esters is 1. The molecular weight excluding hydrogens is 232 g/mol. The van der Waals surface area contributed by atoms with E-state index in [1.165, 1.54) is 6.07 Å². The second kappa shape index (κ2) is 3.72. The van der Waals surface area contributed by atoms with Crippen molar-refractivity contribution in [3.63, 3.8) is 0 Å². The minimum absolute atomic E-state index is 0.0294. The Balaban J connectivity index is 2.28. The van der Waals surface area contributed by atoms with Gasteiger partial charge in [-0.25, -0.2) is 0 Å². The third kappa shape index (κ3) is 1.45. The Labute approximate surface area is 106 Å². The van der Waals surface area contributed by atoms with Gasteiger partial charge in [-0.15, -0.1) is 0 Å². The van der Waals surface area contributed by atoms with Crippen LogP contribution in [0, 0.1) is 6.92 Å². The highest BCUT2D eigenvalue weighted by Gasteiger charge is 2.39. The zero-order valence-electron chi connectivity index (χ0n) is 10.7. The van der Waals surface area contributed by atoms with Crippen molar-refractivity contribution in [3.8, 4) is 11.5 Å². The Hall–Kier alpha value is -1.55. The molecule has 0 amide bonds. The van der Waals surface area contributed by atoms with Gasteiger partial charge in [0, 0.05) is 17.5 Å². The molecule has 0 aliphatic carbocycles. The summed E-state index contributed by atoms with van der Waals surface area (Å²) in [4.78, 5) is 11.5. The summed E-state index contributed by atoms with van der Waals surface area (Å²) in [6.07, 6.45) is 0.0462. The number of aromatic hydroxyl groups is 1. The molecule has 2 heterocycles. The van der Waals surface area contributed by atoms with E-state index in [1.807, 2.05) is 13.8 Å². The highest BCUT2D eigenvalue weighted by Crippen LogP contribution is 2.49. The number of benzene rings is 1. The van der Waals surface area contributed by atoms with Crippen LogP contribution in [0.4, 0.5) is 0 Å². The van der Waals surface area contributed by atoms with E-state index in [9.17, 15) is 9.90 Å². The number of carbonyl (C=O) groups excluding carboxylic acids is 1. The molecule has 1 N–H and O–H groups in total. The second-order valence-electron chi connectivity index (χ2n) is 5.14. The van der Waals surface area contributed by atoms with Gasteiger partial charge in [-0.1, -0.05) is 6.92 Å². The van der Waals surface area contributed by atoms with E-state index in [2.05, 4.69) is 6.92 Å². The molecule has 4 nitrogen and oxygen atoms in total. The van der Waals surface area contributed by atoms with Crippen LogP contribution < -0.4 is 4.74 Å². The van der Waals surface area contributed by atoms with Gasteiger partial charge in [0.2, 0.25) is 0 Å². The fourth-order valence-electron chi connectivity index (χ4n) is 2.93. The molecule has 18 heavy (non-hydrogen) atoms. The van der Waals surface area contributed by atoms with Crippen LogP contribution in [0.2, 0.25) is 0 Å². The van der Waals surface area contributed by atoms with Crippen LogP contribution >= 0.6 is 0 Å². The van der Waals surface area contributed by atoms with E-state index in [0.29, 0.717) is 5.75 Å². The first-order valence-electron chi connectivity index (χ1n) is 6.21. The Morgan fingerprint density at radius 2 is 2.06 bits per heavy atom. The molecule has 4 heteroatoms. The number of hydrogen-bond acceptors (Lipinski definition) is 4. The van der Waals surface area contributed by atoms with E-state index in [4.69, 9.17) is 9.47 Å². The first-order valence-corrected chi connectivity index (χ1v) is 6.21. The van der Waals surface area contributed by atoms with Crippen LogP contribution in [0.25, 0.3) is 0 Å². The van der Waals surface area contributed by atoms with Crippen molar-refractivity contribution in [3.05, 3.63) is 22.8 Å². The summed E-state index contributed by atoms with van der Waals surface area (Å²) >= 11 is 0. The van der Waals surface area contributed by atoms with Crippen molar-refractivity contribution in [1.29, 1.82) is 0 Å². The summed E-state index contributed by atoms with van der Waals surface area (Å²) in [5.74, 6) is 0.508. The average molecular weight is 248 g/mol. The lowest BCUT2D eigenvalue weighted by Gasteiger charge is -2.39. The summed E-state index contributed by atoms with van der Waals surface area (Å²) in [5, 5.41) is 9.96. The maximum absolute atomic E-state index is 11.5. The Kier molecular flexibility index (Phi) is 2.38. The number of carbonyl (C=O) groups is 1. The van der Waals surface area contributed by atoms with Gasteiger partial charge in [0.1, 0.15) is 11.5 Å². The third-order valence-corrected chi connectivity index (χ3v) is 4.05. The van der Waals surface area contributed by atoms with Crippen molar-refractivity contribution in [1.82, 2.24) is 0 Å². The van der Waals surface area contributed by atoms with Crippen LogP contribution in [0.15, 0.2) is 6.07 Å². The number of hydrogen-bond donors (Lipinski definition) is 1. The molecule has 3 atom stereocenters. The fraction of sp³-hybridized carbons (Fsp3) is 0.500. The van der Waals surface area contributed by atoms with Crippen molar-refractivity contribution < 1.29 is 19.4 Å². The average Bonchev–Trinajstić information content (AvgIpc) is 2.29. The summed E-state index contributed by atoms with van der Waals surface area (Å²) in [6.45, 7) is 5.96. The Morgan fingerprint density at radius 1 is 1.33 bits per heavy atom. The molecule has 0 spiro atoms. The maximum Gasteiger partial charge on any atom is 0.314 e. The van der Waals surface area contributed by atoms with E-state index < -0.39 is 0 Å². The molecule has 0 unspecified atom stereocenters. The summed E-state index contributed by atoms with van der Waals surface area (Å²) in [7, 11) is 0. The van der Waals surface area contributed by atoms with Gasteiger partial charge < -0.3 is 14.6 Å². The normalized spacial score (nSPS) is 29.7. The van der Waals surface area contributed by atoms with E-state index >= 15 is 0 Å². The van der Waals surface area contributed by atoms with Gasteiger partial charge in [0.15, 0.2) is 0 Å².